The second-order valence-electron chi connectivity index (χ2n) is 5.93. The molecule has 30 heavy (non-hydrogen) atoms. The van der Waals surface area contributed by atoms with Crippen molar-refractivity contribution in [2.75, 3.05) is 18.5 Å². The minimum atomic E-state index is -0.616. The number of aromatic nitrogens is 3. The molecule has 0 aliphatic heterocycles. The molecule has 3 heterocycles. The van der Waals surface area contributed by atoms with E-state index in [0.29, 0.717) is 15.4 Å². The first-order valence-corrected chi connectivity index (χ1v) is 10.6. The lowest BCUT2D eigenvalue weighted by Gasteiger charge is -2.06. The average molecular weight is 450 g/mol. The number of carbonyl (C=O) groups excluding carboxylic acids is 3. The number of ether oxygens (including phenoxy) is 2. The second-order valence-corrected chi connectivity index (χ2v) is 7.79. The number of fused-ring (bicyclic) bond motifs is 1. The fraction of sp³-hybridized carbons (Fsp3) is 0.333. The molecule has 1 amide bonds. The number of thiophene rings is 1. The van der Waals surface area contributed by atoms with Crippen molar-refractivity contribution in [1.29, 1.82) is 0 Å². The molecule has 0 fully saturated rings. The minimum absolute atomic E-state index is 0.114. The van der Waals surface area contributed by atoms with Crippen LogP contribution >= 0.6 is 22.7 Å². The van der Waals surface area contributed by atoms with Crippen molar-refractivity contribution in [3.63, 3.8) is 0 Å². The normalized spacial score (nSPS) is 10.8. The molecule has 0 radical (unpaired) electrons. The molecule has 0 saturated carbocycles. The molecule has 12 heteroatoms. The largest absolute Gasteiger partial charge is 0.462 e. The fourth-order valence-electron chi connectivity index (χ4n) is 2.59. The summed E-state index contributed by atoms with van der Waals surface area (Å²) >= 11 is 2.13. The zero-order chi connectivity index (χ0) is 21.8. The van der Waals surface area contributed by atoms with Crippen molar-refractivity contribution < 1.29 is 23.9 Å². The summed E-state index contributed by atoms with van der Waals surface area (Å²) in [6, 6.07) is 0. The van der Waals surface area contributed by atoms with Crippen LogP contribution in [-0.4, -0.2) is 45.6 Å². The predicted octanol–water partition coefficient (Wildman–Crippen LogP) is 2.22. The molecule has 0 spiro atoms. The number of amides is 1. The average Bonchev–Trinajstić information content (AvgIpc) is 3.28. The molecule has 0 aliphatic carbocycles. The maximum Gasteiger partial charge on any atom is 0.350 e. The van der Waals surface area contributed by atoms with E-state index in [4.69, 9.17) is 9.47 Å². The fourth-order valence-corrected chi connectivity index (χ4v) is 4.33. The van der Waals surface area contributed by atoms with E-state index in [2.05, 4.69) is 15.3 Å². The lowest BCUT2D eigenvalue weighted by Crippen LogP contribution is -2.28. The van der Waals surface area contributed by atoms with Crippen LogP contribution in [0.2, 0.25) is 0 Å². The van der Waals surface area contributed by atoms with Crippen LogP contribution in [0.15, 0.2) is 16.5 Å². The van der Waals surface area contributed by atoms with E-state index in [1.807, 2.05) is 0 Å². The van der Waals surface area contributed by atoms with Crippen molar-refractivity contribution in [3.05, 3.63) is 38.2 Å². The highest BCUT2D eigenvalue weighted by molar-refractivity contribution is 7.17. The van der Waals surface area contributed by atoms with E-state index in [9.17, 15) is 19.2 Å². The van der Waals surface area contributed by atoms with Gasteiger partial charge in [-0.05, 0) is 20.8 Å². The molecular formula is C18H18N4O6S2. The Balaban J connectivity index is 1.80. The number of thiazole rings is 1. The smallest absolute Gasteiger partial charge is 0.350 e. The Morgan fingerprint density at radius 1 is 1.17 bits per heavy atom. The summed E-state index contributed by atoms with van der Waals surface area (Å²) in [5.74, 6) is -1.66. The molecular weight excluding hydrogens is 432 g/mol. The summed E-state index contributed by atoms with van der Waals surface area (Å²) in [5.41, 5.74) is 0.0343. The Bertz CT molecular complexity index is 1180. The molecule has 0 bridgehead atoms. The van der Waals surface area contributed by atoms with E-state index in [1.165, 1.54) is 11.7 Å². The molecule has 0 unspecified atom stereocenters. The van der Waals surface area contributed by atoms with E-state index in [0.717, 1.165) is 27.2 Å². The standard InChI is InChI=1S/C18H18N4O6S2/c1-4-27-16(25)10-7-29-14-12(10)15(24)22(8-19-14)6-11(23)21-18-20-9(3)13(30-18)17(26)28-5-2/h7-8H,4-6H2,1-3H3,(H,20,21,23). The Morgan fingerprint density at radius 3 is 2.57 bits per heavy atom. The van der Waals surface area contributed by atoms with Gasteiger partial charge in [0.15, 0.2) is 5.13 Å². The van der Waals surface area contributed by atoms with Gasteiger partial charge in [0, 0.05) is 5.38 Å². The van der Waals surface area contributed by atoms with Crippen LogP contribution in [0, 0.1) is 6.92 Å². The highest BCUT2D eigenvalue weighted by atomic mass is 32.1. The number of nitrogens with zero attached hydrogens (tertiary/aromatic N) is 3. The first-order valence-electron chi connectivity index (χ1n) is 8.93. The van der Waals surface area contributed by atoms with E-state index in [1.54, 1.807) is 20.8 Å². The van der Waals surface area contributed by atoms with Gasteiger partial charge in [0.2, 0.25) is 5.91 Å². The Labute approximate surface area is 178 Å². The third-order valence-corrected chi connectivity index (χ3v) is 5.81. The van der Waals surface area contributed by atoms with E-state index < -0.39 is 23.4 Å². The predicted molar refractivity (Wildman–Crippen MR) is 111 cm³/mol. The van der Waals surface area contributed by atoms with Gasteiger partial charge < -0.3 is 14.8 Å². The number of carbonyl (C=O) groups is 3. The lowest BCUT2D eigenvalue weighted by molar-refractivity contribution is -0.116. The van der Waals surface area contributed by atoms with Gasteiger partial charge in [-0.3, -0.25) is 14.2 Å². The highest BCUT2D eigenvalue weighted by Gasteiger charge is 2.20. The van der Waals surface area contributed by atoms with Crippen LogP contribution in [0.25, 0.3) is 10.2 Å². The van der Waals surface area contributed by atoms with Crippen LogP contribution < -0.4 is 10.9 Å². The van der Waals surface area contributed by atoms with Crippen LogP contribution in [0.5, 0.6) is 0 Å². The molecule has 158 valence electrons. The van der Waals surface area contributed by atoms with E-state index in [-0.39, 0.29) is 35.8 Å². The number of rotatable bonds is 7. The second kappa shape index (κ2) is 9.13. The summed E-state index contributed by atoms with van der Waals surface area (Å²) in [5, 5.41) is 4.40. The first kappa shape index (κ1) is 21.6. The van der Waals surface area contributed by atoms with Crippen molar-refractivity contribution in [2.45, 2.75) is 27.3 Å². The van der Waals surface area contributed by atoms with Crippen molar-refractivity contribution in [1.82, 2.24) is 14.5 Å². The molecule has 3 rings (SSSR count). The summed E-state index contributed by atoms with van der Waals surface area (Å²) in [6.07, 6.45) is 1.24. The number of nitrogens with one attached hydrogen (secondary N) is 1. The molecule has 10 nitrogen and oxygen atoms in total. The highest BCUT2D eigenvalue weighted by Crippen LogP contribution is 2.24. The lowest BCUT2D eigenvalue weighted by atomic mass is 10.2. The van der Waals surface area contributed by atoms with Crippen molar-refractivity contribution in [2.24, 2.45) is 0 Å². The van der Waals surface area contributed by atoms with Crippen molar-refractivity contribution >= 4 is 55.9 Å². The summed E-state index contributed by atoms with van der Waals surface area (Å²) < 4.78 is 11.0. The van der Waals surface area contributed by atoms with Gasteiger partial charge in [-0.25, -0.2) is 19.6 Å². The maximum absolute atomic E-state index is 12.8. The van der Waals surface area contributed by atoms with Crippen LogP contribution in [0.3, 0.4) is 0 Å². The molecule has 0 saturated heterocycles. The molecule has 0 atom stereocenters. The van der Waals surface area contributed by atoms with Gasteiger partial charge in [-0.15, -0.1) is 11.3 Å². The molecule has 1 N–H and O–H groups in total. The van der Waals surface area contributed by atoms with Gasteiger partial charge >= 0.3 is 11.9 Å². The number of anilines is 1. The molecule has 0 aliphatic rings. The third kappa shape index (κ3) is 4.39. The minimum Gasteiger partial charge on any atom is -0.462 e. The maximum atomic E-state index is 12.8. The zero-order valence-corrected chi connectivity index (χ0v) is 18.0. The molecule has 3 aromatic rings. The summed E-state index contributed by atoms with van der Waals surface area (Å²) in [7, 11) is 0. The zero-order valence-electron chi connectivity index (χ0n) is 16.4. The number of hydrogen-bond acceptors (Lipinski definition) is 10. The SMILES string of the molecule is CCOC(=O)c1sc(NC(=O)Cn2cnc3scc(C(=O)OCC)c3c2=O)nc1C. The summed E-state index contributed by atoms with van der Waals surface area (Å²) in [6.45, 7) is 5.06. The Kier molecular flexibility index (Phi) is 6.57. The Hall–Kier alpha value is -3.12. The van der Waals surface area contributed by atoms with Gasteiger partial charge in [-0.2, -0.15) is 0 Å². The van der Waals surface area contributed by atoms with Crippen LogP contribution in [0.4, 0.5) is 5.13 Å². The molecule has 0 aromatic carbocycles. The first-order chi connectivity index (χ1) is 14.3. The van der Waals surface area contributed by atoms with Gasteiger partial charge in [0.1, 0.15) is 16.3 Å². The summed E-state index contributed by atoms with van der Waals surface area (Å²) in [4.78, 5) is 58.1. The van der Waals surface area contributed by atoms with Crippen molar-refractivity contribution in [3.8, 4) is 0 Å². The number of hydrogen-bond donors (Lipinski definition) is 1. The third-order valence-electron chi connectivity index (χ3n) is 3.87. The van der Waals surface area contributed by atoms with Gasteiger partial charge in [-0.1, -0.05) is 11.3 Å². The van der Waals surface area contributed by atoms with E-state index >= 15 is 0 Å². The topological polar surface area (TPSA) is 129 Å². The quantitative estimate of drug-likeness (QED) is 0.543. The van der Waals surface area contributed by atoms with Crippen LogP contribution in [-0.2, 0) is 20.8 Å². The van der Waals surface area contributed by atoms with Gasteiger partial charge in [0.25, 0.3) is 5.56 Å². The van der Waals surface area contributed by atoms with Crippen LogP contribution in [0.1, 0.15) is 39.6 Å². The van der Waals surface area contributed by atoms with Gasteiger partial charge in [0.05, 0.1) is 36.2 Å². The number of aryl methyl sites for hydroxylation is 1. The monoisotopic (exact) mass is 450 g/mol. The molecule has 3 aromatic heterocycles. The Morgan fingerprint density at radius 2 is 1.87 bits per heavy atom. The number of esters is 2.